The normalized spacial score (nSPS) is 17.2. The van der Waals surface area contributed by atoms with Gasteiger partial charge in [-0.3, -0.25) is 4.79 Å². The van der Waals surface area contributed by atoms with Crippen molar-refractivity contribution in [3.05, 3.63) is 28.2 Å². The topological polar surface area (TPSA) is 55.1 Å². The van der Waals surface area contributed by atoms with E-state index >= 15 is 0 Å². The zero-order valence-corrected chi connectivity index (χ0v) is 12.0. The Kier molecular flexibility index (Phi) is 4.64. The highest BCUT2D eigenvalue weighted by atomic mass is 79.9. The van der Waals surface area contributed by atoms with Gasteiger partial charge >= 0.3 is 0 Å². The summed E-state index contributed by atoms with van der Waals surface area (Å²) in [6, 6.07) is 5.64. The summed E-state index contributed by atoms with van der Waals surface area (Å²) >= 11 is 3.35. The summed E-state index contributed by atoms with van der Waals surface area (Å²) in [5.74, 6) is 0.00241. The summed E-state index contributed by atoms with van der Waals surface area (Å²) in [5, 5.41) is 3.12. The van der Waals surface area contributed by atoms with Gasteiger partial charge in [0.05, 0.1) is 0 Å². The predicted molar refractivity (Wildman–Crippen MR) is 77.5 cm³/mol. The number of rotatable bonds is 2. The van der Waals surface area contributed by atoms with Crippen molar-refractivity contribution >= 4 is 27.5 Å². The van der Waals surface area contributed by atoms with E-state index in [1.807, 2.05) is 0 Å². The van der Waals surface area contributed by atoms with Crippen molar-refractivity contribution in [3.8, 4) is 0 Å². The molecule has 1 saturated carbocycles. The molecule has 0 aliphatic heterocycles. The number of carbonyl (C=O) groups excluding carboxylic acids is 1. The second kappa shape index (κ2) is 6.23. The molecule has 0 spiro atoms. The Hall–Kier alpha value is -1.03. The van der Waals surface area contributed by atoms with E-state index < -0.39 is 0 Å². The fourth-order valence-electron chi connectivity index (χ4n) is 2.36. The lowest BCUT2D eigenvalue weighted by molar-refractivity contribution is 0.0933. The Bertz CT molecular complexity index is 426. The van der Waals surface area contributed by atoms with E-state index in [1.54, 1.807) is 18.2 Å². The van der Waals surface area contributed by atoms with Crippen LogP contribution in [-0.2, 0) is 0 Å². The van der Waals surface area contributed by atoms with Crippen LogP contribution >= 0.6 is 15.9 Å². The number of nitrogens with two attached hydrogens (primary N) is 1. The molecule has 0 saturated heterocycles. The van der Waals surface area contributed by atoms with Crippen molar-refractivity contribution in [2.24, 2.45) is 0 Å². The van der Waals surface area contributed by atoms with Crippen molar-refractivity contribution < 1.29 is 4.79 Å². The molecule has 0 aromatic heterocycles. The maximum absolute atomic E-state index is 12.1. The van der Waals surface area contributed by atoms with Gasteiger partial charge in [-0.2, -0.15) is 0 Å². The summed E-state index contributed by atoms with van der Waals surface area (Å²) in [4.78, 5) is 12.1. The molecular weight excluding hydrogens is 292 g/mol. The fraction of sp³-hybridized carbons (Fsp3) is 0.500. The summed E-state index contributed by atoms with van der Waals surface area (Å²) in [7, 11) is 0. The van der Waals surface area contributed by atoms with Crippen LogP contribution in [-0.4, -0.2) is 11.9 Å². The largest absolute Gasteiger partial charge is 0.398 e. The number of nitrogens with one attached hydrogen (secondary N) is 1. The van der Waals surface area contributed by atoms with Crippen molar-refractivity contribution in [2.45, 2.75) is 44.6 Å². The molecule has 98 valence electrons. The molecular formula is C14H19BrN2O. The van der Waals surface area contributed by atoms with Gasteiger partial charge in [0.2, 0.25) is 0 Å². The van der Waals surface area contributed by atoms with E-state index in [4.69, 9.17) is 5.73 Å². The number of hydrogen-bond acceptors (Lipinski definition) is 2. The van der Waals surface area contributed by atoms with E-state index in [0.717, 1.165) is 17.3 Å². The lowest BCUT2D eigenvalue weighted by Gasteiger charge is -2.16. The van der Waals surface area contributed by atoms with Gasteiger partial charge in [-0.1, -0.05) is 25.7 Å². The molecule has 1 aromatic rings. The molecule has 4 heteroatoms. The molecule has 2 rings (SSSR count). The number of amides is 1. The molecule has 3 N–H and O–H groups in total. The highest BCUT2D eigenvalue weighted by Gasteiger charge is 2.16. The van der Waals surface area contributed by atoms with E-state index in [1.165, 1.54) is 25.7 Å². The Balaban J connectivity index is 1.99. The van der Waals surface area contributed by atoms with E-state index in [0.29, 0.717) is 17.3 Å². The van der Waals surface area contributed by atoms with Crippen LogP contribution in [0, 0.1) is 0 Å². The third-order valence-electron chi connectivity index (χ3n) is 3.45. The quantitative estimate of drug-likeness (QED) is 0.649. The minimum Gasteiger partial charge on any atom is -0.398 e. The summed E-state index contributed by atoms with van der Waals surface area (Å²) in [6.45, 7) is 0. The van der Waals surface area contributed by atoms with Crippen molar-refractivity contribution in [1.29, 1.82) is 0 Å². The molecule has 0 radical (unpaired) electrons. The van der Waals surface area contributed by atoms with Crippen LogP contribution < -0.4 is 11.1 Å². The molecule has 3 nitrogen and oxygen atoms in total. The first-order valence-electron chi connectivity index (χ1n) is 6.52. The van der Waals surface area contributed by atoms with Gasteiger partial charge in [0.1, 0.15) is 0 Å². The number of halogens is 1. The molecule has 0 heterocycles. The van der Waals surface area contributed by atoms with Crippen molar-refractivity contribution in [3.63, 3.8) is 0 Å². The first-order valence-corrected chi connectivity index (χ1v) is 7.32. The van der Waals surface area contributed by atoms with Crippen LogP contribution in [0.1, 0.15) is 48.9 Å². The minimum atomic E-state index is 0.00241. The van der Waals surface area contributed by atoms with Gasteiger partial charge in [0.25, 0.3) is 5.91 Å². The number of anilines is 1. The minimum absolute atomic E-state index is 0.00241. The highest BCUT2D eigenvalue weighted by molar-refractivity contribution is 9.10. The lowest BCUT2D eigenvalue weighted by Crippen LogP contribution is -2.34. The summed E-state index contributed by atoms with van der Waals surface area (Å²) in [5.41, 5.74) is 7.04. The van der Waals surface area contributed by atoms with Gasteiger partial charge in [-0.25, -0.2) is 0 Å². The third kappa shape index (κ3) is 3.48. The molecule has 1 fully saturated rings. The first kappa shape index (κ1) is 13.4. The number of carbonyl (C=O) groups is 1. The Morgan fingerprint density at radius 3 is 2.50 bits per heavy atom. The Morgan fingerprint density at radius 2 is 1.89 bits per heavy atom. The second-order valence-corrected chi connectivity index (χ2v) is 5.75. The summed E-state index contributed by atoms with van der Waals surface area (Å²) in [6.07, 6.45) is 7.22. The molecule has 0 bridgehead atoms. The Labute approximate surface area is 116 Å². The maximum atomic E-state index is 12.1. The zero-order chi connectivity index (χ0) is 13.0. The Morgan fingerprint density at radius 1 is 1.22 bits per heavy atom. The molecule has 1 aromatic carbocycles. The van der Waals surface area contributed by atoms with Crippen LogP contribution in [0.15, 0.2) is 22.7 Å². The van der Waals surface area contributed by atoms with Crippen LogP contribution in [0.3, 0.4) is 0 Å². The van der Waals surface area contributed by atoms with Crippen LogP contribution in [0.5, 0.6) is 0 Å². The molecule has 18 heavy (non-hydrogen) atoms. The van der Waals surface area contributed by atoms with Crippen LogP contribution in [0.25, 0.3) is 0 Å². The van der Waals surface area contributed by atoms with Crippen LogP contribution in [0.4, 0.5) is 5.69 Å². The van der Waals surface area contributed by atoms with Crippen molar-refractivity contribution in [1.82, 2.24) is 5.32 Å². The van der Waals surface area contributed by atoms with Gasteiger partial charge in [-0.15, -0.1) is 0 Å². The first-order chi connectivity index (χ1) is 8.66. The number of hydrogen-bond donors (Lipinski definition) is 2. The summed E-state index contributed by atoms with van der Waals surface area (Å²) < 4.78 is 0.774. The SMILES string of the molecule is Nc1ccc(C(=O)NC2CCCCCC2)cc1Br. The fourth-order valence-corrected chi connectivity index (χ4v) is 2.74. The van der Waals surface area contributed by atoms with E-state index in [-0.39, 0.29) is 5.91 Å². The number of benzene rings is 1. The zero-order valence-electron chi connectivity index (χ0n) is 10.4. The molecule has 1 aliphatic carbocycles. The second-order valence-electron chi connectivity index (χ2n) is 4.90. The standard InChI is InChI=1S/C14H19BrN2O/c15-12-9-10(7-8-13(12)16)14(18)17-11-5-3-1-2-4-6-11/h7-9,11H,1-6,16H2,(H,17,18). The monoisotopic (exact) mass is 310 g/mol. The van der Waals surface area contributed by atoms with Gasteiger partial charge in [0, 0.05) is 21.8 Å². The smallest absolute Gasteiger partial charge is 0.251 e. The number of nitrogen functional groups attached to an aromatic ring is 1. The predicted octanol–water partition coefficient (Wildman–Crippen LogP) is 3.48. The lowest BCUT2D eigenvalue weighted by atomic mass is 10.1. The van der Waals surface area contributed by atoms with Gasteiger partial charge in [0.15, 0.2) is 0 Å². The molecule has 1 amide bonds. The molecule has 1 aliphatic rings. The maximum Gasteiger partial charge on any atom is 0.251 e. The average molecular weight is 311 g/mol. The van der Waals surface area contributed by atoms with E-state index in [2.05, 4.69) is 21.2 Å². The van der Waals surface area contributed by atoms with Gasteiger partial charge < -0.3 is 11.1 Å². The average Bonchev–Trinajstić information content (AvgIpc) is 2.61. The van der Waals surface area contributed by atoms with Gasteiger partial charge in [-0.05, 0) is 47.0 Å². The highest BCUT2D eigenvalue weighted by Crippen LogP contribution is 2.21. The van der Waals surface area contributed by atoms with Crippen LogP contribution in [0.2, 0.25) is 0 Å². The molecule has 0 unspecified atom stereocenters. The third-order valence-corrected chi connectivity index (χ3v) is 4.14. The van der Waals surface area contributed by atoms with E-state index in [9.17, 15) is 4.79 Å². The molecule has 0 atom stereocenters. The van der Waals surface area contributed by atoms with Crippen molar-refractivity contribution in [2.75, 3.05) is 5.73 Å².